The fourth-order valence-electron chi connectivity index (χ4n) is 3.16. The molecule has 4 heteroatoms. The molecule has 0 atom stereocenters. The Morgan fingerprint density at radius 2 is 1.48 bits per heavy atom. The number of benzene rings is 2. The van der Waals surface area contributed by atoms with Crippen LogP contribution in [0.2, 0.25) is 0 Å². The second-order valence-corrected chi connectivity index (χ2v) is 5.84. The Hall–Kier alpha value is -3.53. The lowest BCUT2D eigenvalue weighted by Gasteiger charge is -2.10. The van der Waals surface area contributed by atoms with Crippen LogP contribution in [-0.4, -0.2) is 19.4 Å². The number of imidazole rings is 1. The molecular weight excluding hydrogens is 308 g/mol. The van der Waals surface area contributed by atoms with Gasteiger partial charge in [-0.3, -0.25) is 9.38 Å². The van der Waals surface area contributed by atoms with Crippen molar-refractivity contribution < 1.29 is 0 Å². The smallest absolute Gasteiger partial charge is 0.165 e. The fraction of sp³-hybridized carbons (Fsp3) is 0. The van der Waals surface area contributed by atoms with Crippen LogP contribution in [0, 0.1) is 0 Å². The number of fused-ring (bicyclic) bond motifs is 3. The zero-order valence-electron chi connectivity index (χ0n) is 13.4. The van der Waals surface area contributed by atoms with Crippen molar-refractivity contribution in [2.24, 2.45) is 0 Å². The van der Waals surface area contributed by atoms with Gasteiger partial charge < -0.3 is 0 Å². The molecule has 0 spiro atoms. The molecule has 3 heterocycles. The molecule has 5 rings (SSSR count). The van der Waals surface area contributed by atoms with Crippen LogP contribution in [-0.2, 0) is 0 Å². The molecule has 0 fully saturated rings. The zero-order chi connectivity index (χ0) is 16.6. The highest BCUT2D eigenvalue weighted by Gasteiger charge is 2.16. The molecule has 0 amide bonds. The SMILES string of the molecule is c1ccc(-c2nc3ccccc3c3cnc(-c4ccccn4)n23)cc1. The number of aromatic nitrogens is 4. The van der Waals surface area contributed by atoms with Gasteiger partial charge in [0.25, 0.3) is 0 Å². The molecule has 5 aromatic rings. The van der Waals surface area contributed by atoms with E-state index in [0.717, 1.165) is 39.3 Å². The molecule has 0 N–H and O–H groups in total. The maximum absolute atomic E-state index is 4.93. The van der Waals surface area contributed by atoms with Crippen molar-refractivity contribution in [1.82, 2.24) is 19.4 Å². The van der Waals surface area contributed by atoms with Crippen molar-refractivity contribution >= 4 is 16.4 Å². The summed E-state index contributed by atoms with van der Waals surface area (Å²) < 4.78 is 2.10. The monoisotopic (exact) mass is 322 g/mol. The maximum atomic E-state index is 4.93. The number of pyridine rings is 1. The standard InChI is InChI=1S/C21H14N4/c1-2-8-15(9-3-1)20-24-17-11-5-4-10-16(17)19-14-23-21(25(19)20)18-12-6-7-13-22-18/h1-14H. The largest absolute Gasteiger partial charge is 0.274 e. The summed E-state index contributed by atoms with van der Waals surface area (Å²) >= 11 is 0. The summed E-state index contributed by atoms with van der Waals surface area (Å²) in [6, 6.07) is 24.2. The molecule has 0 unspecified atom stereocenters. The lowest BCUT2D eigenvalue weighted by molar-refractivity contribution is 1.10. The molecule has 0 aliphatic heterocycles. The van der Waals surface area contributed by atoms with E-state index < -0.39 is 0 Å². The van der Waals surface area contributed by atoms with E-state index >= 15 is 0 Å². The van der Waals surface area contributed by atoms with Crippen LogP contribution in [0.15, 0.2) is 85.2 Å². The third kappa shape index (κ3) is 2.19. The van der Waals surface area contributed by atoms with Crippen molar-refractivity contribution in [2.75, 3.05) is 0 Å². The summed E-state index contributed by atoms with van der Waals surface area (Å²) in [6.45, 7) is 0. The Bertz CT molecular complexity index is 1180. The molecule has 0 saturated carbocycles. The number of nitrogens with zero attached hydrogens (tertiary/aromatic N) is 4. The van der Waals surface area contributed by atoms with Crippen LogP contribution < -0.4 is 0 Å². The van der Waals surface area contributed by atoms with Gasteiger partial charge in [0.15, 0.2) is 5.82 Å². The van der Waals surface area contributed by atoms with Crippen molar-refractivity contribution in [3.63, 3.8) is 0 Å². The highest BCUT2D eigenvalue weighted by Crippen LogP contribution is 2.29. The molecule has 0 radical (unpaired) electrons. The lowest BCUT2D eigenvalue weighted by atomic mass is 10.1. The molecule has 0 saturated heterocycles. The van der Waals surface area contributed by atoms with Crippen LogP contribution in [0.4, 0.5) is 0 Å². The van der Waals surface area contributed by atoms with Crippen LogP contribution >= 0.6 is 0 Å². The summed E-state index contributed by atoms with van der Waals surface area (Å²) in [5, 5.41) is 1.08. The van der Waals surface area contributed by atoms with Crippen LogP contribution in [0.1, 0.15) is 0 Å². The second-order valence-electron chi connectivity index (χ2n) is 5.84. The molecule has 3 aromatic heterocycles. The van der Waals surface area contributed by atoms with Gasteiger partial charge in [0.05, 0.1) is 17.2 Å². The lowest BCUT2D eigenvalue weighted by Crippen LogP contribution is -2.00. The van der Waals surface area contributed by atoms with Gasteiger partial charge in [0, 0.05) is 17.1 Å². The predicted molar refractivity (Wildman–Crippen MR) is 99.2 cm³/mol. The minimum atomic E-state index is 0.799. The quantitative estimate of drug-likeness (QED) is 0.476. The van der Waals surface area contributed by atoms with E-state index in [1.54, 1.807) is 6.20 Å². The molecule has 118 valence electrons. The summed E-state index contributed by atoms with van der Waals surface area (Å²) in [6.07, 6.45) is 3.69. The normalized spacial score (nSPS) is 11.2. The molecule has 0 aliphatic carbocycles. The van der Waals surface area contributed by atoms with Gasteiger partial charge in [0.2, 0.25) is 0 Å². The van der Waals surface area contributed by atoms with Gasteiger partial charge >= 0.3 is 0 Å². The van der Waals surface area contributed by atoms with E-state index in [0.29, 0.717) is 0 Å². The minimum absolute atomic E-state index is 0.799. The van der Waals surface area contributed by atoms with E-state index in [4.69, 9.17) is 4.98 Å². The Labute approximate surface area is 144 Å². The second kappa shape index (κ2) is 5.53. The van der Waals surface area contributed by atoms with Gasteiger partial charge in [-0.05, 0) is 18.2 Å². The van der Waals surface area contributed by atoms with Gasteiger partial charge in [-0.1, -0.05) is 54.6 Å². The predicted octanol–water partition coefficient (Wildman–Crippen LogP) is 4.61. The first-order valence-electron chi connectivity index (χ1n) is 8.15. The topological polar surface area (TPSA) is 43.1 Å². The highest BCUT2D eigenvalue weighted by molar-refractivity contribution is 5.95. The van der Waals surface area contributed by atoms with Gasteiger partial charge in [-0.15, -0.1) is 0 Å². The number of hydrogen-bond acceptors (Lipinski definition) is 3. The average molecular weight is 322 g/mol. The van der Waals surface area contributed by atoms with E-state index in [2.05, 4.69) is 32.6 Å². The Morgan fingerprint density at radius 3 is 2.32 bits per heavy atom. The van der Waals surface area contributed by atoms with E-state index in [1.807, 2.05) is 60.8 Å². The first-order valence-corrected chi connectivity index (χ1v) is 8.15. The summed E-state index contributed by atoms with van der Waals surface area (Å²) in [5.74, 6) is 1.67. The van der Waals surface area contributed by atoms with E-state index in [1.165, 1.54) is 0 Å². The Balaban J connectivity index is 1.94. The van der Waals surface area contributed by atoms with Crippen LogP contribution in [0.25, 0.3) is 39.3 Å². The minimum Gasteiger partial charge on any atom is -0.274 e. The summed E-state index contributed by atoms with van der Waals surface area (Å²) in [5.41, 5.74) is 3.87. The third-order valence-electron chi connectivity index (χ3n) is 4.31. The first kappa shape index (κ1) is 13.9. The first-order chi connectivity index (χ1) is 12.4. The number of rotatable bonds is 2. The van der Waals surface area contributed by atoms with Gasteiger partial charge in [-0.25, -0.2) is 9.97 Å². The van der Waals surface area contributed by atoms with Crippen molar-refractivity contribution in [2.45, 2.75) is 0 Å². The molecule has 0 aliphatic rings. The molecular formula is C21H14N4. The summed E-state index contributed by atoms with van der Waals surface area (Å²) in [4.78, 5) is 14.1. The number of para-hydroxylation sites is 1. The Kier molecular flexibility index (Phi) is 3.07. The summed E-state index contributed by atoms with van der Waals surface area (Å²) in [7, 11) is 0. The Morgan fingerprint density at radius 1 is 0.680 bits per heavy atom. The van der Waals surface area contributed by atoms with E-state index in [-0.39, 0.29) is 0 Å². The van der Waals surface area contributed by atoms with Crippen LogP contribution in [0.3, 0.4) is 0 Å². The third-order valence-corrected chi connectivity index (χ3v) is 4.31. The van der Waals surface area contributed by atoms with E-state index in [9.17, 15) is 0 Å². The molecule has 4 nitrogen and oxygen atoms in total. The molecule has 25 heavy (non-hydrogen) atoms. The van der Waals surface area contributed by atoms with Gasteiger partial charge in [0.1, 0.15) is 11.5 Å². The molecule has 2 aromatic carbocycles. The van der Waals surface area contributed by atoms with Crippen LogP contribution in [0.5, 0.6) is 0 Å². The van der Waals surface area contributed by atoms with Crippen molar-refractivity contribution in [3.8, 4) is 22.9 Å². The maximum Gasteiger partial charge on any atom is 0.165 e. The molecule has 0 bridgehead atoms. The highest BCUT2D eigenvalue weighted by atomic mass is 15.1. The average Bonchev–Trinajstić information content (AvgIpc) is 3.14. The van der Waals surface area contributed by atoms with Gasteiger partial charge in [-0.2, -0.15) is 0 Å². The fourth-order valence-corrected chi connectivity index (χ4v) is 3.16. The number of hydrogen-bond donors (Lipinski definition) is 0. The van der Waals surface area contributed by atoms with Crippen molar-refractivity contribution in [3.05, 3.63) is 85.2 Å². The van der Waals surface area contributed by atoms with Crippen molar-refractivity contribution in [1.29, 1.82) is 0 Å². The zero-order valence-corrected chi connectivity index (χ0v) is 13.4.